The van der Waals surface area contributed by atoms with Crippen LogP contribution < -0.4 is 5.32 Å². The van der Waals surface area contributed by atoms with E-state index in [1.54, 1.807) is 6.92 Å². The van der Waals surface area contributed by atoms with Crippen molar-refractivity contribution in [1.29, 1.82) is 0 Å². The van der Waals surface area contributed by atoms with Gasteiger partial charge < -0.3 is 10.4 Å². The summed E-state index contributed by atoms with van der Waals surface area (Å²) in [6.07, 6.45) is 0.811. The van der Waals surface area contributed by atoms with Crippen LogP contribution in [0.4, 0.5) is 0 Å². The number of benzene rings is 1. The molecule has 0 bridgehead atoms. The first kappa shape index (κ1) is 11.2. The molecule has 0 heterocycles. The van der Waals surface area contributed by atoms with E-state index in [-0.39, 0.29) is 6.10 Å². The highest BCUT2D eigenvalue weighted by atomic mass is 16.3. The van der Waals surface area contributed by atoms with Gasteiger partial charge in [0.2, 0.25) is 0 Å². The largest absolute Gasteiger partial charge is 0.392 e. The number of hydrogen-bond acceptors (Lipinski definition) is 2. The molecule has 1 atom stereocenters. The minimum absolute atomic E-state index is 0.273. The van der Waals surface area contributed by atoms with Crippen molar-refractivity contribution in [1.82, 2.24) is 5.32 Å². The van der Waals surface area contributed by atoms with Gasteiger partial charge in [0.1, 0.15) is 0 Å². The highest BCUT2D eigenvalue weighted by molar-refractivity contribution is 5.22. The van der Waals surface area contributed by atoms with Gasteiger partial charge in [-0.25, -0.2) is 0 Å². The molecule has 0 saturated heterocycles. The highest BCUT2D eigenvalue weighted by Gasteiger charge is 1.95. The Morgan fingerprint density at radius 2 is 1.79 bits per heavy atom. The molecule has 0 unspecified atom stereocenters. The number of hydrogen-bond donors (Lipinski definition) is 2. The van der Waals surface area contributed by atoms with Gasteiger partial charge in [-0.15, -0.1) is 0 Å². The maximum atomic E-state index is 9.05. The normalized spacial score (nSPS) is 12.8. The Bertz CT molecular complexity index is 254. The van der Waals surface area contributed by atoms with Gasteiger partial charge in [-0.3, -0.25) is 0 Å². The Labute approximate surface area is 86.0 Å². The van der Waals surface area contributed by atoms with Crippen LogP contribution in [0.5, 0.6) is 0 Å². The van der Waals surface area contributed by atoms with Crippen molar-refractivity contribution >= 4 is 0 Å². The molecule has 0 amide bonds. The van der Waals surface area contributed by atoms with E-state index in [1.807, 2.05) is 0 Å². The predicted molar refractivity (Wildman–Crippen MR) is 59.2 cm³/mol. The topological polar surface area (TPSA) is 32.3 Å². The van der Waals surface area contributed by atoms with Gasteiger partial charge in [0.05, 0.1) is 6.10 Å². The smallest absolute Gasteiger partial charge is 0.0636 e. The predicted octanol–water partition coefficient (Wildman–Crippen LogP) is 1.72. The number of rotatable bonds is 5. The molecule has 0 aliphatic rings. The Morgan fingerprint density at radius 3 is 2.29 bits per heavy atom. The summed E-state index contributed by atoms with van der Waals surface area (Å²) in [4.78, 5) is 0. The first-order valence-corrected chi connectivity index (χ1v) is 5.19. The van der Waals surface area contributed by atoms with Crippen LogP contribution >= 0.6 is 0 Å². The molecular formula is C12H19NO. The van der Waals surface area contributed by atoms with Crippen molar-refractivity contribution < 1.29 is 5.11 Å². The van der Waals surface area contributed by atoms with E-state index in [1.165, 1.54) is 11.1 Å². The fourth-order valence-corrected chi connectivity index (χ4v) is 1.32. The van der Waals surface area contributed by atoms with Gasteiger partial charge in [0.25, 0.3) is 0 Å². The third kappa shape index (κ3) is 3.90. The van der Waals surface area contributed by atoms with Gasteiger partial charge in [-0.05, 0) is 24.5 Å². The Kier molecular flexibility index (Phi) is 4.63. The SMILES string of the molecule is CCc1ccc(CNC[C@H](C)O)cc1. The maximum Gasteiger partial charge on any atom is 0.0636 e. The summed E-state index contributed by atoms with van der Waals surface area (Å²) in [5, 5.41) is 12.2. The first-order valence-electron chi connectivity index (χ1n) is 5.19. The summed E-state index contributed by atoms with van der Waals surface area (Å²) in [5.41, 5.74) is 2.63. The van der Waals surface area contributed by atoms with Crippen molar-refractivity contribution in [3.63, 3.8) is 0 Å². The molecule has 2 N–H and O–H groups in total. The number of aryl methyl sites for hydroxylation is 1. The molecule has 0 radical (unpaired) electrons. The van der Waals surface area contributed by atoms with E-state index in [0.717, 1.165) is 13.0 Å². The average molecular weight is 193 g/mol. The summed E-state index contributed by atoms with van der Waals surface area (Å²) in [6, 6.07) is 8.57. The molecule has 1 rings (SSSR count). The average Bonchev–Trinajstić information content (AvgIpc) is 2.18. The third-order valence-electron chi connectivity index (χ3n) is 2.20. The zero-order chi connectivity index (χ0) is 10.4. The van der Waals surface area contributed by atoms with Crippen molar-refractivity contribution in [3.8, 4) is 0 Å². The molecule has 0 aliphatic heterocycles. The summed E-state index contributed by atoms with van der Waals surface area (Å²) >= 11 is 0. The van der Waals surface area contributed by atoms with Gasteiger partial charge in [-0.2, -0.15) is 0 Å². The van der Waals surface area contributed by atoms with Crippen molar-refractivity contribution in [2.24, 2.45) is 0 Å². The van der Waals surface area contributed by atoms with E-state index in [4.69, 9.17) is 5.11 Å². The molecular weight excluding hydrogens is 174 g/mol. The molecule has 2 nitrogen and oxygen atoms in total. The lowest BCUT2D eigenvalue weighted by molar-refractivity contribution is 0.191. The molecule has 0 aromatic heterocycles. The van der Waals surface area contributed by atoms with Gasteiger partial charge in [0, 0.05) is 13.1 Å². The van der Waals surface area contributed by atoms with Crippen LogP contribution in [-0.4, -0.2) is 17.8 Å². The van der Waals surface area contributed by atoms with E-state index in [9.17, 15) is 0 Å². The minimum atomic E-state index is -0.273. The van der Waals surface area contributed by atoms with E-state index in [0.29, 0.717) is 6.54 Å². The van der Waals surface area contributed by atoms with Crippen molar-refractivity contribution in [2.75, 3.05) is 6.54 Å². The van der Waals surface area contributed by atoms with Crippen LogP contribution in [0.25, 0.3) is 0 Å². The Morgan fingerprint density at radius 1 is 1.21 bits per heavy atom. The second-order valence-electron chi connectivity index (χ2n) is 3.65. The van der Waals surface area contributed by atoms with E-state index < -0.39 is 0 Å². The summed E-state index contributed by atoms with van der Waals surface area (Å²) < 4.78 is 0. The minimum Gasteiger partial charge on any atom is -0.392 e. The monoisotopic (exact) mass is 193 g/mol. The second kappa shape index (κ2) is 5.78. The molecule has 0 spiro atoms. The number of aliphatic hydroxyl groups is 1. The third-order valence-corrected chi connectivity index (χ3v) is 2.20. The lowest BCUT2D eigenvalue weighted by Gasteiger charge is -2.07. The Hall–Kier alpha value is -0.860. The fourth-order valence-electron chi connectivity index (χ4n) is 1.32. The Balaban J connectivity index is 2.36. The van der Waals surface area contributed by atoms with Crippen LogP contribution in [0.2, 0.25) is 0 Å². The molecule has 2 heteroatoms. The maximum absolute atomic E-state index is 9.05. The molecule has 1 aromatic rings. The number of nitrogens with one attached hydrogen (secondary N) is 1. The first-order chi connectivity index (χ1) is 6.72. The van der Waals surface area contributed by atoms with Crippen LogP contribution in [0, 0.1) is 0 Å². The van der Waals surface area contributed by atoms with Gasteiger partial charge >= 0.3 is 0 Å². The number of aliphatic hydroxyl groups excluding tert-OH is 1. The quantitative estimate of drug-likeness (QED) is 0.746. The van der Waals surface area contributed by atoms with Crippen LogP contribution in [0.1, 0.15) is 25.0 Å². The fraction of sp³-hybridized carbons (Fsp3) is 0.500. The van der Waals surface area contributed by atoms with Crippen LogP contribution in [0.15, 0.2) is 24.3 Å². The van der Waals surface area contributed by atoms with Gasteiger partial charge in [-0.1, -0.05) is 31.2 Å². The molecule has 0 saturated carbocycles. The van der Waals surface area contributed by atoms with E-state index >= 15 is 0 Å². The lowest BCUT2D eigenvalue weighted by atomic mass is 10.1. The summed E-state index contributed by atoms with van der Waals surface area (Å²) in [6.45, 7) is 5.41. The van der Waals surface area contributed by atoms with E-state index in [2.05, 4.69) is 36.5 Å². The molecule has 0 aliphatic carbocycles. The molecule has 1 aromatic carbocycles. The lowest BCUT2D eigenvalue weighted by Crippen LogP contribution is -2.23. The molecule has 14 heavy (non-hydrogen) atoms. The van der Waals surface area contributed by atoms with Crippen LogP contribution in [-0.2, 0) is 13.0 Å². The zero-order valence-electron chi connectivity index (χ0n) is 8.96. The molecule has 0 fully saturated rings. The van der Waals surface area contributed by atoms with Crippen molar-refractivity contribution in [2.45, 2.75) is 32.9 Å². The van der Waals surface area contributed by atoms with Gasteiger partial charge in [0.15, 0.2) is 0 Å². The summed E-state index contributed by atoms with van der Waals surface area (Å²) in [7, 11) is 0. The highest BCUT2D eigenvalue weighted by Crippen LogP contribution is 2.04. The van der Waals surface area contributed by atoms with Crippen molar-refractivity contribution in [3.05, 3.63) is 35.4 Å². The zero-order valence-corrected chi connectivity index (χ0v) is 8.96. The second-order valence-corrected chi connectivity index (χ2v) is 3.65. The molecule has 78 valence electrons. The standard InChI is InChI=1S/C12H19NO/c1-3-11-4-6-12(7-5-11)9-13-8-10(2)14/h4-7,10,13-14H,3,8-9H2,1-2H3/t10-/m0/s1. The summed E-state index contributed by atoms with van der Waals surface area (Å²) in [5.74, 6) is 0. The van der Waals surface area contributed by atoms with Crippen LogP contribution in [0.3, 0.4) is 0 Å².